The highest BCUT2D eigenvalue weighted by atomic mass is 35.5. The van der Waals surface area contributed by atoms with Crippen LogP contribution in [0.2, 0.25) is 5.28 Å². The van der Waals surface area contributed by atoms with Crippen LogP contribution in [0.5, 0.6) is 0 Å². The Morgan fingerprint density at radius 3 is 2.73 bits per heavy atom. The first-order chi connectivity index (χ1) is 14.6. The molecule has 3 N–H and O–H groups in total. The van der Waals surface area contributed by atoms with Crippen LogP contribution in [0, 0.1) is 0 Å². The van der Waals surface area contributed by atoms with E-state index < -0.39 is 5.34 Å². The summed E-state index contributed by atoms with van der Waals surface area (Å²) in [4.78, 5) is 8.79. The zero-order valence-electron chi connectivity index (χ0n) is 17.1. The smallest absolute Gasteiger partial charge is 0.226 e. The molecule has 0 radical (unpaired) electrons. The standard InChI is InChI=1S/C19H29ClN5O4P/c1-30-19(10-26,11-27)28-9-13-6-7-15(29-13)25-17-14(8-21-25)16(23-18(20)24-17)22-12-4-2-3-5-12/h8,12-13,15,26-27,30H,2-7,9-11H2,1H3,(H,22,23,24). The lowest BCUT2D eigenvalue weighted by Gasteiger charge is -2.30. The molecule has 2 aliphatic rings. The topological polar surface area (TPSA) is 115 Å². The van der Waals surface area contributed by atoms with Crippen LogP contribution in [0.1, 0.15) is 44.8 Å². The quantitative estimate of drug-likeness (QED) is 0.388. The van der Waals surface area contributed by atoms with Crippen LogP contribution >= 0.6 is 20.2 Å². The third-order valence-electron chi connectivity index (χ3n) is 5.99. The molecular formula is C19H29ClN5O4P. The van der Waals surface area contributed by atoms with E-state index >= 15 is 0 Å². The Morgan fingerprint density at radius 1 is 1.27 bits per heavy atom. The summed E-state index contributed by atoms with van der Waals surface area (Å²) in [6.07, 6.45) is 7.61. The third-order valence-corrected chi connectivity index (χ3v) is 7.53. The predicted octanol–water partition coefficient (Wildman–Crippen LogP) is 2.52. The Kier molecular flexibility index (Phi) is 7.07. The van der Waals surface area contributed by atoms with Gasteiger partial charge >= 0.3 is 0 Å². The Morgan fingerprint density at radius 2 is 2.03 bits per heavy atom. The molecule has 30 heavy (non-hydrogen) atoms. The summed E-state index contributed by atoms with van der Waals surface area (Å²) in [5.41, 5.74) is 0.650. The van der Waals surface area contributed by atoms with Gasteiger partial charge in [-0.15, -0.1) is 0 Å². The van der Waals surface area contributed by atoms with E-state index in [1.807, 2.05) is 6.66 Å². The molecule has 0 aromatic carbocycles. The summed E-state index contributed by atoms with van der Waals surface area (Å²) < 4.78 is 13.7. The van der Waals surface area contributed by atoms with Gasteiger partial charge in [-0.25, -0.2) is 4.68 Å². The van der Waals surface area contributed by atoms with Gasteiger partial charge in [0.1, 0.15) is 11.2 Å². The van der Waals surface area contributed by atoms with E-state index in [0.29, 0.717) is 18.3 Å². The fourth-order valence-electron chi connectivity index (χ4n) is 4.10. The van der Waals surface area contributed by atoms with Crippen molar-refractivity contribution in [2.75, 3.05) is 31.8 Å². The zero-order valence-corrected chi connectivity index (χ0v) is 18.8. The summed E-state index contributed by atoms with van der Waals surface area (Å²) >= 11 is 6.21. The molecule has 1 saturated carbocycles. The number of ether oxygens (including phenoxy) is 2. The lowest BCUT2D eigenvalue weighted by molar-refractivity contribution is -0.0988. The Bertz CT molecular complexity index is 851. The number of aliphatic hydroxyl groups excluding tert-OH is 2. The highest BCUT2D eigenvalue weighted by Gasteiger charge is 2.33. The van der Waals surface area contributed by atoms with E-state index in [9.17, 15) is 10.2 Å². The molecule has 166 valence electrons. The maximum atomic E-state index is 9.56. The number of hydrogen-bond acceptors (Lipinski definition) is 8. The van der Waals surface area contributed by atoms with Crippen LogP contribution in [-0.2, 0) is 9.47 Å². The number of aliphatic hydroxyl groups is 2. The number of rotatable bonds is 9. The van der Waals surface area contributed by atoms with Gasteiger partial charge in [-0.05, 0) is 43.9 Å². The second kappa shape index (κ2) is 9.59. The molecule has 3 atom stereocenters. The molecule has 0 spiro atoms. The van der Waals surface area contributed by atoms with E-state index in [0.717, 1.165) is 36.9 Å². The molecule has 1 saturated heterocycles. The van der Waals surface area contributed by atoms with Crippen LogP contribution in [0.25, 0.3) is 11.0 Å². The summed E-state index contributed by atoms with van der Waals surface area (Å²) in [6.45, 7) is 1.78. The monoisotopic (exact) mass is 457 g/mol. The summed E-state index contributed by atoms with van der Waals surface area (Å²) in [5, 5.41) is 27.2. The first-order valence-corrected chi connectivity index (χ1v) is 12.3. The maximum Gasteiger partial charge on any atom is 0.226 e. The van der Waals surface area contributed by atoms with Crippen molar-refractivity contribution in [3.8, 4) is 0 Å². The van der Waals surface area contributed by atoms with Crippen molar-refractivity contribution in [2.24, 2.45) is 0 Å². The second-order valence-corrected chi connectivity index (χ2v) is 9.70. The van der Waals surface area contributed by atoms with Crippen molar-refractivity contribution in [3.63, 3.8) is 0 Å². The molecular weight excluding hydrogens is 429 g/mol. The van der Waals surface area contributed by atoms with Gasteiger partial charge in [0.15, 0.2) is 11.9 Å². The summed E-state index contributed by atoms with van der Waals surface area (Å²) in [6, 6.07) is 0.407. The normalized spacial score (nSPS) is 23.3. The van der Waals surface area contributed by atoms with Crippen LogP contribution in [0.4, 0.5) is 5.82 Å². The Labute approximate surface area is 182 Å². The van der Waals surface area contributed by atoms with Crippen molar-refractivity contribution >= 4 is 37.0 Å². The number of halogens is 1. The Balaban J connectivity index is 1.47. The lowest BCUT2D eigenvalue weighted by atomic mass is 10.2. The van der Waals surface area contributed by atoms with Crippen molar-refractivity contribution in [1.29, 1.82) is 0 Å². The zero-order chi connectivity index (χ0) is 21.1. The summed E-state index contributed by atoms with van der Waals surface area (Å²) in [7, 11) is 0.266. The average molecular weight is 458 g/mol. The number of fused-ring (bicyclic) bond motifs is 1. The fraction of sp³-hybridized carbons (Fsp3) is 0.737. The first kappa shape index (κ1) is 22.1. The molecule has 2 aromatic heterocycles. The van der Waals surface area contributed by atoms with E-state index in [-0.39, 0.29) is 39.4 Å². The Hall–Kier alpha value is -1.09. The van der Waals surface area contributed by atoms with Crippen molar-refractivity contribution in [1.82, 2.24) is 19.7 Å². The first-order valence-electron chi connectivity index (χ1n) is 10.4. The van der Waals surface area contributed by atoms with Crippen molar-refractivity contribution in [2.45, 2.75) is 62.2 Å². The number of anilines is 1. The highest BCUT2D eigenvalue weighted by Crippen LogP contribution is 2.35. The SMILES string of the molecule is CPC(CO)(CO)OCC1CCC(n2ncc3c(NC4CCCC4)nc(Cl)nc32)O1. The maximum absolute atomic E-state index is 9.56. The van der Waals surface area contributed by atoms with Gasteiger partial charge in [-0.1, -0.05) is 21.4 Å². The van der Waals surface area contributed by atoms with E-state index in [1.165, 1.54) is 12.8 Å². The van der Waals surface area contributed by atoms with Gasteiger partial charge in [0.25, 0.3) is 0 Å². The van der Waals surface area contributed by atoms with Crippen LogP contribution in [-0.4, -0.2) is 73.9 Å². The van der Waals surface area contributed by atoms with Crippen LogP contribution in [0.3, 0.4) is 0 Å². The minimum Gasteiger partial charge on any atom is -0.393 e. The van der Waals surface area contributed by atoms with Gasteiger partial charge in [0.05, 0.1) is 37.5 Å². The third kappa shape index (κ3) is 4.56. The molecule has 3 heterocycles. The average Bonchev–Trinajstić information content (AvgIpc) is 3.50. The molecule has 9 nitrogen and oxygen atoms in total. The largest absolute Gasteiger partial charge is 0.393 e. The van der Waals surface area contributed by atoms with E-state index in [4.69, 9.17) is 21.1 Å². The predicted molar refractivity (Wildman–Crippen MR) is 116 cm³/mol. The molecule has 11 heteroatoms. The molecule has 1 aliphatic heterocycles. The molecule has 3 unspecified atom stereocenters. The molecule has 0 amide bonds. The molecule has 4 rings (SSSR count). The highest BCUT2D eigenvalue weighted by molar-refractivity contribution is 7.38. The van der Waals surface area contributed by atoms with Gasteiger partial charge in [0.2, 0.25) is 5.28 Å². The number of nitrogens with one attached hydrogen (secondary N) is 1. The molecule has 0 bridgehead atoms. The lowest BCUT2D eigenvalue weighted by Crippen LogP contribution is -2.38. The van der Waals surface area contributed by atoms with Gasteiger partial charge in [-0.2, -0.15) is 15.1 Å². The van der Waals surface area contributed by atoms with Crippen molar-refractivity contribution in [3.05, 3.63) is 11.5 Å². The number of nitrogens with zero attached hydrogens (tertiary/aromatic N) is 4. The van der Waals surface area contributed by atoms with E-state index in [1.54, 1.807) is 10.9 Å². The molecule has 1 aliphatic carbocycles. The minimum absolute atomic E-state index is 0.142. The minimum atomic E-state index is -0.901. The van der Waals surface area contributed by atoms with Crippen LogP contribution < -0.4 is 5.32 Å². The number of aromatic nitrogens is 4. The van der Waals surface area contributed by atoms with Gasteiger partial charge in [0, 0.05) is 6.04 Å². The number of hydrogen-bond donors (Lipinski definition) is 3. The molecule has 2 aromatic rings. The second-order valence-electron chi connectivity index (χ2n) is 7.95. The molecule has 2 fully saturated rings. The van der Waals surface area contributed by atoms with Crippen molar-refractivity contribution < 1.29 is 19.7 Å². The van der Waals surface area contributed by atoms with Gasteiger partial charge in [-0.3, -0.25) is 0 Å². The van der Waals surface area contributed by atoms with Gasteiger partial charge < -0.3 is 25.0 Å². The van der Waals surface area contributed by atoms with E-state index in [2.05, 4.69) is 20.4 Å². The summed E-state index contributed by atoms with van der Waals surface area (Å²) in [5.74, 6) is 0.723. The fourth-order valence-corrected chi connectivity index (χ4v) is 4.81. The van der Waals surface area contributed by atoms with Crippen LogP contribution in [0.15, 0.2) is 6.20 Å².